The minimum absolute atomic E-state index is 0.115. The Morgan fingerprint density at radius 1 is 1.19 bits per heavy atom. The van der Waals surface area contributed by atoms with Crippen molar-refractivity contribution in [1.82, 2.24) is 9.88 Å². The number of aromatic nitrogens is 1. The molecule has 0 fully saturated rings. The molecule has 0 saturated heterocycles. The van der Waals surface area contributed by atoms with Gasteiger partial charge in [-0.3, -0.25) is 4.79 Å². The largest absolute Gasteiger partial charge is 0.493 e. The number of rotatable bonds is 4. The van der Waals surface area contributed by atoms with Crippen molar-refractivity contribution < 1.29 is 14.3 Å². The topological polar surface area (TPSA) is 77.7 Å². The van der Waals surface area contributed by atoms with Gasteiger partial charge < -0.3 is 20.1 Å². The van der Waals surface area contributed by atoms with Crippen molar-refractivity contribution in [3.05, 3.63) is 42.1 Å². The van der Waals surface area contributed by atoms with Crippen molar-refractivity contribution in [2.24, 2.45) is 0 Å². The molecular formula is C15H17N3O3. The van der Waals surface area contributed by atoms with Crippen LogP contribution in [0.2, 0.25) is 0 Å². The maximum absolute atomic E-state index is 11.8. The lowest BCUT2D eigenvalue weighted by molar-refractivity contribution is 0.0827. The Morgan fingerprint density at radius 2 is 1.95 bits per heavy atom. The van der Waals surface area contributed by atoms with E-state index in [9.17, 15) is 4.79 Å². The van der Waals surface area contributed by atoms with E-state index in [-0.39, 0.29) is 5.91 Å². The number of pyridine rings is 1. The molecule has 0 radical (unpaired) electrons. The van der Waals surface area contributed by atoms with E-state index in [0.717, 1.165) is 0 Å². The van der Waals surface area contributed by atoms with Gasteiger partial charge in [0, 0.05) is 38.1 Å². The van der Waals surface area contributed by atoms with Crippen LogP contribution in [-0.2, 0) is 0 Å². The smallest absolute Gasteiger partial charge is 0.254 e. The van der Waals surface area contributed by atoms with Crippen molar-refractivity contribution in [3.8, 4) is 17.4 Å². The maximum atomic E-state index is 11.8. The van der Waals surface area contributed by atoms with E-state index in [4.69, 9.17) is 15.2 Å². The van der Waals surface area contributed by atoms with Gasteiger partial charge in [0.25, 0.3) is 5.91 Å². The molecule has 0 atom stereocenters. The molecule has 1 amide bonds. The lowest BCUT2D eigenvalue weighted by Gasteiger charge is -2.12. The van der Waals surface area contributed by atoms with Gasteiger partial charge in [-0.25, -0.2) is 4.98 Å². The van der Waals surface area contributed by atoms with Crippen LogP contribution in [0, 0.1) is 0 Å². The van der Waals surface area contributed by atoms with Crippen molar-refractivity contribution in [3.63, 3.8) is 0 Å². The molecule has 1 aromatic carbocycles. The number of hydrogen-bond acceptors (Lipinski definition) is 5. The molecule has 6 heteroatoms. The first-order valence-corrected chi connectivity index (χ1v) is 6.30. The summed E-state index contributed by atoms with van der Waals surface area (Å²) in [5.74, 6) is 1.26. The van der Waals surface area contributed by atoms with E-state index in [1.165, 1.54) is 11.1 Å². The van der Waals surface area contributed by atoms with E-state index in [2.05, 4.69) is 4.98 Å². The Balaban J connectivity index is 2.21. The van der Waals surface area contributed by atoms with Gasteiger partial charge in [-0.2, -0.15) is 0 Å². The first kappa shape index (κ1) is 14.6. The Bertz CT molecular complexity index is 639. The summed E-state index contributed by atoms with van der Waals surface area (Å²) in [5.41, 5.74) is 6.78. The van der Waals surface area contributed by atoms with Crippen LogP contribution < -0.4 is 15.2 Å². The number of hydrogen-bond donors (Lipinski definition) is 1. The average Bonchev–Trinajstić information content (AvgIpc) is 2.47. The molecule has 2 rings (SSSR count). The summed E-state index contributed by atoms with van der Waals surface area (Å²) in [6.07, 6.45) is 1.47. The van der Waals surface area contributed by atoms with Gasteiger partial charge >= 0.3 is 0 Å². The van der Waals surface area contributed by atoms with Gasteiger partial charge in [0.05, 0.1) is 12.7 Å². The molecule has 0 bridgehead atoms. The van der Waals surface area contributed by atoms with Gasteiger partial charge in [0.2, 0.25) is 5.88 Å². The van der Waals surface area contributed by atoms with E-state index >= 15 is 0 Å². The SMILES string of the molecule is COc1ccc(N)cc1Oc1ccc(C(=O)N(C)C)cn1. The zero-order valence-corrected chi connectivity index (χ0v) is 12.2. The number of methoxy groups -OCH3 is 1. The number of nitrogens with zero attached hydrogens (tertiary/aromatic N) is 2. The molecule has 1 heterocycles. The monoisotopic (exact) mass is 287 g/mol. The second-order valence-electron chi connectivity index (χ2n) is 4.60. The van der Waals surface area contributed by atoms with Crippen LogP contribution >= 0.6 is 0 Å². The van der Waals surface area contributed by atoms with Gasteiger partial charge in [-0.05, 0) is 18.2 Å². The highest BCUT2D eigenvalue weighted by molar-refractivity contribution is 5.93. The second kappa shape index (κ2) is 6.13. The van der Waals surface area contributed by atoms with Crippen molar-refractivity contribution >= 4 is 11.6 Å². The van der Waals surface area contributed by atoms with Crippen LogP contribution in [0.1, 0.15) is 10.4 Å². The van der Waals surface area contributed by atoms with Gasteiger partial charge in [0.15, 0.2) is 11.5 Å². The van der Waals surface area contributed by atoms with Crippen LogP contribution in [-0.4, -0.2) is 37.0 Å². The Labute approximate surface area is 123 Å². The number of carbonyl (C=O) groups is 1. The fourth-order valence-electron chi connectivity index (χ4n) is 1.71. The Hall–Kier alpha value is -2.76. The second-order valence-corrected chi connectivity index (χ2v) is 4.60. The van der Waals surface area contributed by atoms with Crippen molar-refractivity contribution in [1.29, 1.82) is 0 Å². The average molecular weight is 287 g/mol. The first-order chi connectivity index (χ1) is 10.0. The number of nitrogens with two attached hydrogens (primary N) is 1. The molecule has 0 saturated carbocycles. The summed E-state index contributed by atoms with van der Waals surface area (Å²) in [6.45, 7) is 0. The highest BCUT2D eigenvalue weighted by Crippen LogP contribution is 2.32. The molecule has 0 aliphatic carbocycles. The third-order valence-electron chi connectivity index (χ3n) is 2.79. The molecule has 0 spiro atoms. The number of benzene rings is 1. The number of ether oxygens (including phenoxy) is 2. The fourth-order valence-corrected chi connectivity index (χ4v) is 1.71. The predicted octanol–water partition coefficient (Wildman–Crippen LogP) is 2.17. The van der Waals surface area contributed by atoms with Crippen molar-refractivity contribution in [2.75, 3.05) is 26.9 Å². The third-order valence-corrected chi connectivity index (χ3v) is 2.79. The molecule has 2 aromatic rings. The van der Waals surface area contributed by atoms with Gasteiger partial charge in [0.1, 0.15) is 0 Å². The van der Waals surface area contributed by atoms with Crippen LogP contribution in [0.4, 0.5) is 5.69 Å². The van der Waals surface area contributed by atoms with E-state index in [1.807, 2.05) is 0 Å². The van der Waals surface area contributed by atoms with E-state index < -0.39 is 0 Å². The summed E-state index contributed by atoms with van der Waals surface area (Å²) < 4.78 is 10.8. The summed E-state index contributed by atoms with van der Waals surface area (Å²) in [4.78, 5) is 17.4. The number of carbonyl (C=O) groups excluding carboxylic acids is 1. The predicted molar refractivity (Wildman–Crippen MR) is 79.7 cm³/mol. The van der Waals surface area contributed by atoms with Crippen molar-refractivity contribution in [2.45, 2.75) is 0 Å². The highest BCUT2D eigenvalue weighted by Gasteiger charge is 2.10. The third kappa shape index (κ3) is 3.42. The molecule has 2 N–H and O–H groups in total. The standard InChI is InChI=1S/C15H17N3O3/c1-18(2)15(19)10-4-7-14(17-9-10)21-13-8-11(16)5-6-12(13)20-3/h4-9H,16H2,1-3H3. The van der Waals surface area contributed by atoms with Gasteiger partial charge in [-0.15, -0.1) is 0 Å². The zero-order valence-electron chi connectivity index (χ0n) is 12.2. The molecule has 0 aliphatic rings. The quantitative estimate of drug-likeness (QED) is 0.872. The summed E-state index contributed by atoms with van der Waals surface area (Å²) in [7, 11) is 4.92. The first-order valence-electron chi connectivity index (χ1n) is 6.30. The molecule has 6 nitrogen and oxygen atoms in total. The van der Waals surface area contributed by atoms with Crippen LogP contribution in [0.3, 0.4) is 0 Å². The molecule has 110 valence electrons. The molecule has 21 heavy (non-hydrogen) atoms. The molecular weight excluding hydrogens is 270 g/mol. The number of amides is 1. The normalized spacial score (nSPS) is 10.0. The lowest BCUT2D eigenvalue weighted by atomic mass is 10.2. The van der Waals surface area contributed by atoms with Crippen LogP contribution in [0.5, 0.6) is 17.4 Å². The number of nitrogen functional groups attached to an aromatic ring is 1. The number of anilines is 1. The molecule has 1 aromatic heterocycles. The van der Waals surface area contributed by atoms with Crippen LogP contribution in [0.25, 0.3) is 0 Å². The summed E-state index contributed by atoms with van der Waals surface area (Å²) in [6, 6.07) is 8.37. The maximum Gasteiger partial charge on any atom is 0.254 e. The summed E-state index contributed by atoms with van der Waals surface area (Å²) in [5, 5.41) is 0. The highest BCUT2D eigenvalue weighted by atomic mass is 16.5. The molecule has 0 aliphatic heterocycles. The Kier molecular flexibility index (Phi) is 4.27. The Morgan fingerprint density at radius 3 is 2.52 bits per heavy atom. The van der Waals surface area contributed by atoms with Gasteiger partial charge in [-0.1, -0.05) is 0 Å². The van der Waals surface area contributed by atoms with E-state index in [0.29, 0.717) is 28.6 Å². The van der Waals surface area contributed by atoms with E-state index in [1.54, 1.807) is 51.5 Å². The summed E-state index contributed by atoms with van der Waals surface area (Å²) >= 11 is 0. The zero-order chi connectivity index (χ0) is 15.4. The minimum Gasteiger partial charge on any atom is -0.493 e. The fraction of sp³-hybridized carbons (Fsp3) is 0.200. The minimum atomic E-state index is -0.115. The lowest BCUT2D eigenvalue weighted by Crippen LogP contribution is -2.21. The molecule has 0 unspecified atom stereocenters. The van der Waals surface area contributed by atoms with Crippen LogP contribution in [0.15, 0.2) is 36.5 Å².